The third-order valence-electron chi connectivity index (χ3n) is 6.57. The Morgan fingerprint density at radius 2 is 1.90 bits per heavy atom. The number of carbonyl (C=O) groups is 2. The summed E-state index contributed by atoms with van der Waals surface area (Å²) in [6.07, 6.45) is 4.90. The Morgan fingerprint density at radius 1 is 1.17 bits per heavy atom. The lowest BCUT2D eigenvalue weighted by Crippen LogP contribution is -2.52. The van der Waals surface area contributed by atoms with Crippen LogP contribution in [0.5, 0.6) is 5.75 Å². The standard InChI is InChI=1S/C23H33N3O4/c1-16-10-19(4-5-21(16)27)23(29)24-11-20-14-26(22(28)15-30-20)13-18-6-8-25(9-7-18)12-17-2-3-17/h4-5,10,17-18,20,27H,2-3,6-9,11-15H2,1H3,(H,24,29)/t20-/m0/s1. The van der Waals surface area contributed by atoms with Gasteiger partial charge in [-0.3, -0.25) is 9.59 Å². The average molecular weight is 416 g/mol. The third kappa shape index (κ3) is 5.52. The molecule has 4 rings (SSSR count). The van der Waals surface area contributed by atoms with E-state index < -0.39 is 0 Å². The number of aromatic hydroxyl groups is 1. The summed E-state index contributed by atoms with van der Waals surface area (Å²) in [4.78, 5) is 29.2. The highest BCUT2D eigenvalue weighted by Gasteiger charge is 2.31. The lowest BCUT2D eigenvalue weighted by atomic mass is 9.95. The van der Waals surface area contributed by atoms with Crippen LogP contribution in [0.1, 0.15) is 41.6 Å². The van der Waals surface area contributed by atoms with Gasteiger partial charge in [0.15, 0.2) is 0 Å². The van der Waals surface area contributed by atoms with Crippen molar-refractivity contribution in [3.05, 3.63) is 29.3 Å². The van der Waals surface area contributed by atoms with Crippen molar-refractivity contribution in [3.63, 3.8) is 0 Å². The topological polar surface area (TPSA) is 82.1 Å². The van der Waals surface area contributed by atoms with Gasteiger partial charge in [-0.25, -0.2) is 0 Å². The first-order valence-corrected chi connectivity index (χ1v) is 11.2. The Hall–Kier alpha value is -2.12. The molecular formula is C23H33N3O4. The van der Waals surface area contributed by atoms with Crippen LogP contribution < -0.4 is 5.32 Å². The SMILES string of the molecule is Cc1cc(C(=O)NC[C@H]2CN(CC3CCN(CC4CC4)CC3)C(=O)CO2)ccc1O. The zero-order valence-electron chi connectivity index (χ0n) is 17.8. The highest BCUT2D eigenvalue weighted by molar-refractivity contribution is 5.94. The van der Waals surface area contributed by atoms with Gasteiger partial charge in [0.25, 0.3) is 5.91 Å². The van der Waals surface area contributed by atoms with E-state index in [9.17, 15) is 14.7 Å². The Balaban J connectivity index is 1.22. The van der Waals surface area contributed by atoms with Crippen LogP contribution in [0.4, 0.5) is 0 Å². The van der Waals surface area contributed by atoms with Gasteiger partial charge in [0, 0.05) is 31.7 Å². The van der Waals surface area contributed by atoms with Crippen molar-refractivity contribution in [1.82, 2.24) is 15.1 Å². The number of phenols is 1. The molecule has 3 fully saturated rings. The summed E-state index contributed by atoms with van der Waals surface area (Å²) in [6, 6.07) is 4.79. The Labute approximate surface area is 178 Å². The molecule has 2 aliphatic heterocycles. The van der Waals surface area contributed by atoms with Crippen molar-refractivity contribution in [3.8, 4) is 5.75 Å². The summed E-state index contributed by atoms with van der Waals surface area (Å²) in [5, 5.41) is 12.5. The highest BCUT2D eigenvalue weighted by Crippen LogP contribution is 2.31. The largest absolute Gasteiger partial charge is 0.508 e. The van der Waals surface area contributed by atoms with E-state index in [1.54, 1.807) is 19.1 Å². The molecule has 1 saturated carbocycles. The van der Waals surface area contributed by atoms with E-state index in [1.165, 1.54) is 25.5 Å². The minimum atomic E-state index is -0.201. The first-order chi connectivity index (χ1) is 14.5. The Kier molecular flexibility index (Phi) is 6.58. The molecule has 2 N–H and O–H groups in total. The molecular weight excluding hydrogens is 382 g/mol. The van der Waals surface area contributed by atoms with E-state index in [4.69, 9.17) is 4.74 Å². The van der Waals surface area contributed by atoms with Crippen LogP contribution in [-0.2, 0) is 9.53 Å². The maximum absolute atomic E-state index is 12.4. The minimum Gasteiger partial charge on any atom is -0.508 e. The monoisotopic (exact) mass is 415 g/mol. The van der Waals surface area contributed by atoms with Crippen LogP contribution in [-0.4, -0.2) is 78.7 Å². The van der Waals surface area contributed by atoms with Crippen LogP contribution >= 0.6 is 0 Å². The smallest absolute Gasteiger partial charge is 0.251 e. The molecule has 1 atom stereocenters. The van der Waals surface area contributed by atoms with Gasteiger partial charge in [-0.2, -0.15) is 0 Å². The number of piperidine rings is 1. The fourth-order valence-electron chi connectivity index (χ4n) is 4.41. The van der Waals surface area contributed by atoms with Gasteiger partial charge in [0.05, 0.1) is 6.10 Å². The number of ether oxygens (including phenoxy) is 1. The molecule has 7 heteroatoms. The maximum atomic E-state index is 12.4. The van der Waals surface area contributed by atoms with E-state index in [2.05, 4.69) is 10.2 Å². The highest BCUT2D eigenvalue weighted by atomic mass is 16.5. The van der Waals surface area contributed by atoms with E-state index in [1.807, 2.05) is 4.90 Å². The molecule has 0 radical (unpaired) electrons. The van der Waals surface area contributed by atoms with E-state index >= 15 is 0 Å². The molecule has 0 aromatic heterocycles. The van der Waals surface area contributed by atoms with Crippen molar-refractivity contribution in [1.29, 1.82) is 0 Å². The van der Waals surface area contributed by atoms with Gasteiger partial charge in [-0.15, -0.1) is 0 Å². The predicted molar refractivity (Wildman–Crippen MR) is 113 cm³/mol. The molecule has 164 valence electrons. The average Bonchev–Trinajstić information content (AvgIpc) is 3.56. The Morgan fingerprint density at radius 3 is 2.60 bits per heavy atom. The van der Waals surface area contributed by atoms with Gasteiger partial charge in [0.2, 0.25) is 5.91 Å². The molecule has 2 amide bonds. The lowest BCUT2D eigenvalue weighted by molar-refractivity contribution is -0.149. The number of likely N-dealkylation sites (tertiary alicyclic amines) is 1. The van der Waals surface area contributed by atoms with Crippen LogP contribution in [0.3, 0.4) is 0 Å². The van der Waals surface area contributed by atoms with Gasteiger partial charge in [-0.1, -0.05) is 0 Å². The molecule has 0 unspecified atom stereocenters. The first kappa shape index (κ1) is 21.1. The number of phenolic OH excluding ortho intramolecular Hbond substituents is 1. The summed E-state index contributed by atoms with van der Waals surface area (Å²) < 4.78 is 5.65. The first-order valence-electron chi connectivity index (χ1n) is 11.2. The lowest BCUT2D eigenvalue weighted by Gasteiger charge is -2.38. The van der Waals surface area contributed by atoms with Gasteiger partial charge in [-0.05, 0) is 81.3 Å². The zero-order valence-corrected chi connectivity index (χ0v) is 17.8. The molecule has 2 heterocycles. The molecule has 1 aromatic carbocycles. The molecule has 7 nitrogen and oxygen atoms in total. The number of aryl methyl sites for hydroxylation is 1. The molecule has 0 bridgehead atoms. The van der Waals surface area contributed by atoms with E-state index in [0.717, 1.165) is 38.4 Å². The number of hydrogen-bond donors (Lipinski definition) is 2. The molecule has 30 heavy (non-hydrogen) atoms. The van der Waals surface area contributed by atoms with Crippen LogP contribution in [0.2, 0.25) is 0 Å². The number of nitrogens with zero attached hydrogens (tertiary/aromatic N) is 2. The summed E-state index contributed by atoms with van der Waals surface area (Å²) in [6.45, 7) is 7.07. The quantitative estimate of drug-likeness (QED) is 0.710. The van der Waals surface area contributed by atoms with E-state index in [0.29, 0.717) is 30.1 Å². The van der Waals surface area contributed by atoms with Gasteiger partial charge >= 0.3 is 0 Å². The number of rotatable bonds is 7. The number of nitrogens with one attached hydrogen (secondary N) is 1. The number of hydrogen-bond acceptors (Lipinski definition) is 5. The van der Waals surface area contributed by atoms with Crippen LogP contribution in [0, 0.1) is 18.8 Å². The number of amides is 2. The fraction of sp³-hybridized carbons (Fsp3) is 0.652. The van der Waals surface area contributed by atoms with Gasteiger partial charge < -0.3 is 25.0 Å². The maximum Gasteiger partial charge on any atom is 0.251 e. The van der Waals surface area contributed by atoms with Crippen LogP contribution in [0.15, 0.2) is 18.2 Å². The second kappa shape index (κ2) is 9.35. The number of morpholine rings is 1. The molecule has 3 aliphatic rings. The van der Waals surface area contributed by atoms with Crippen molar-refractivity contribution >= 4 is 11.8 Å². The van der Waals surface area contributed by atoms with Crippen molar-refractivity contribution in [2.45, 2.75) is 38.7 Å². The van der Waals surface area contributed by atoms with Crippen molar-refractivity contribution in [2.75, 3.05) is 45.9 Å². The molecule has 1 aliphatic carbocycles. The van der Waals surface area contributed by atoms with Crippen LogP contribution in [0.25, 0.3) is 0 Å². The van der Waals surface area contributed by atoms with Gasteiger partial charge in [0.1, 0.15) is 12.4 Å². The summed E-state index contributed by atoms with van der Waals surface area (Å²) in [7, 11) is 0. The summed E-state index contributed by atoms with van der Waals surface area (Å²) >= 11 is 0. The van der Waals surface area contributed by atoms with Crippen molar-refractivity contribution in [2.24, 2.45) is 11.8 Å². The Bertz CT molecular complexity index is 772. The number of benzene rings is 1. The predicted octanol–water partition coefficient (Wildman–Crippen LogP) is 1.78. The zero-order chi connectivity index (χ0) is 21.1. The molecule has 0 spiro atoms. The normalized spacial score (nSPS) is 23.6. The second-order valence-electron chi connectivity index (χ2n) is 9.13. The van der Waals surface area contributed by atoms with Crippen molar-refractivity contribution < 1.29 is 19.4 Å². The molecule has 1 aromatic rings. The second-order valence-corrected chi connectivity index (χ2v) is 9.13. The fourth-order valence-corrected chi connectivity index (χ4v) is 4.41. The van der Waals surface area contributed by atoms with E-state index in [-0.39, 0.29) is 30.3 Å². The summed E-state index contributed by atoms with van der Waals surface area (Å²) in [5.41, 5.74) is 1.17. The molecule has 2 saturated heterocycles. The summed E-state index contributed by atoms with van der Waals surface area (Å²) in [5.74, 6) is 1.51. The minimum absolute atomic E-state index is 0.0483. The number of carbonyl (C=O) groups excluding carboxylic acids is 2. The third-order valence-corrected chi connectivity index (χ3v) is 6.57.